The summed E-state index contributed by atoms with van der Waals surface area (Å²) in [5, 5.41) is 28.9. The van der Waals surface area contributed by atoms with Crippen LogP contribution >= 0.6 is 0 Å². The molecule has 0 aromatic heterocycles. The van der Waals surface area contributed by atoms with Gasteiger partial charge >= 0.3 is 5.97 Å². The number of aliphatic hydroxyl groups is 2. The minimum absolute atomic E-state index is 0.0432. The Labute approximate surface area is 161 Å². The molecule has 0 unspecified atom stereocenters. The van der Waals surface area contributed by atoms with Gasteiger partial charge in [0.15, 0.2) is 0 Å². The Morgan fingerprint density at radius 3 is 2.78 bits per heavy atom. The fourth-order valence-electron chi connectivity index (χ4n) is 3.20. The summed E-state index contributed by atoms with van der Waals surface area (Å²) in [6.45, 7) is 0.298. The van der Waals surface area contributed by atoms with E-state index in [4.69, 9.17) is 9.84 Å². The van der Waals surface area contributed by atoms with Crippen molar-refractivity contribution >= 4 is 5.97 Å². The van der Waals surface area contributed by atoms with Gasteiger partial charge in [-0.25, -0.2) is 0 Å². The van der Waals surface area contributed by atoms with Gasteiger partial charge in [-0.05, 0) is 37.7 Å². The predicted molar refractivity (Wildman–Crippen MR) is 104 cm³/mol. The Morgan fingerprint density at radius 1 is 1.26 bits per heavy atom. The van der Waals surface area contributed by atoms with Crippen LogP contribution in [-0.4, -0.2) is 46.2 Å². The quantitative estimate of drug-likeness (QED) is 0.409. The van der Waals surface area contributed by atoms with Gasteiger partial charge in [-0.1, -0.05) is 54.6 Å². The van der Waals surface area contributed by atoms with Crippen molar-refractivity contribution in [2.75, 3.05) is 6.61 Å². The number of aryl methyl sites for hydroxylation is 1. The normalized spacial score (nSPS) is 24.0. The second kappa shape index (κ2) is 11.7. The number of unbranched alkanes of at least 4 members (excludes halogenated alkanes) is 1. The molecular formula is C22H30O5. The van der Waals surface area contributed by atoms with Crippen LogP contribution in [0.25, 0.3) is 0 Å². The number of hydrogen-bond acceptors (Lipinski definition) is 4. The Balaban J connectivity index is 1.75. The molecule has 0 radical (unpaired) electrons. The van der Waals surface area contributed by atoms with E-state index < -0.39 is 18.2 Å². The van der Waals surface area contributed by atoms with E-state index in [0.29, 0.717) is 32.3 Å². The summed E-state index contributed by atoms with van der Waals surface area (Å²) >= 11 is 0. The van der Waals surface area contributed by atoms with E-state index in [2.05, 4.69) is 0 Å². The molecule has 0 bridgehead atoms. The Kier molecular flexibility index (Phi) is 9.25. The lowest BCUT2D eigenvalue weighted by molar-refractivity contribution is -0.137. The zero-order chi connectivity index (χ0) is 19.5. The summed E-state index contributed by atoms with van der Waals surface area (Å²) in [5.41, 5.74) is 1.20. The maximum atomic E-state index is 10.5. The highest BCUT2D eigenvalue weighted by molar-refractivity contribution is 5.66. The first-order valence-electron chi connectivity index (χ1n) is 9.63. The first-order valence-corrected chi connectivity index (χ1v) is 9.63. The molecule has 3 N–H and O–H groups in total. The number of benzene rings is 1. The van der Waals surface area contributed by atoms with Gasteiger partial charge in [-0.2, -0.15) is 0 Å². The highest BCUT2D eigenvalue weighted by Crippen LogP contribution is 2.26. The molecule has 2 rings (SSSR count). The summed E-state index contributed by atoms with van der Waals surface area (Å²) in [6, 6.07) is 10.1. The number of aliphatic carboxylic acids is 1. The molecule has 4 atom stereocenters. The summed E-state index contributed by atoms with van der Waals surface area (Å²) in [4.78, 5) is 10.5. The molecule has 1 fully saturated rings. The van der Waals surface area contributed by atoms with Gasteiger partial charge in [-0.3, -0.25) is 4.79 Å². The van der Waals surface area contributed by atoms with Crippen molar-refractivity contribution < 1.29 is 24.9 Å². The van der Waals surface area contributed by atoms with E-state index in [1.807, 2.05) is 48.6 Å². The van der Waals surface area contributed by atoms with E-state index in [1.165, 1.54) is 5.56 Å². The Bertz CT molecular complexity index is 610. The predicted octanol–water partition coefficient (Wildman–Crippen LogP) is 3.11. The zero-order valence-electron chi connectivity index (χ0n) is 15.6. The Morgan fingerprint density at radius 2 is 2.04 bits per heavy atom. The summed E-state index contributed by atoms with van der Waals surface area (Å²) in [5.74, 6) is -0.822. The third-order valence-electron chi connectivity index (χ3n) is 4.81. The van der Waals surface area contributed by atoms with Crippen molar-refractivity contribution in [2.24, 2.45) is 5.92 Å². The lowest BCUT2D eigenvalue weighted by Gasteiger charge is -2.16. The highest BCUT2D eigenvalue weighted by atomic mass is 16.5. The van der Waals surface area contributed by atoms with Crippen molar-refractivity contribution in [3.05, 3.63) is 60.2 Å². The SMILES string of the molecule is O=C(O)CCCC=CC[C@H]1[C@@H](O)CO[C@@H]1C=C[C@@H](O)CCc1ccccc1. The highest BCUT2D eigenvalue weighted by Gasteiger charge is 2.33. The molecule has 5 heteroatoms. The molecule has 0 saturated carbocycles. The maximum absolute atomic E-state index is 10.5. The van der Waals surface area contributed by atoms with Crippen LogP contribution in [0.4, 0.5) is 0 Å². The molecule has 27 heavy (non-hydrogen) atoms. The summed E-state index contributed by atoms with van der Waals surface area (Å²) in [7, 11) is 0. The average Bonchev–Trinajstić information content (AvgIpc) is 3.01. The molecule has 1 aliphatic heterocycles. The molecule has 1 aromatic rings. The van der Waals surface area contributed by atoms with E-state index in [-0.39, 0.29) is 18.4 Å². The van der Waals surface area contributed by atoms with Crippen LogP contribution in [0.2, 0.25) is 0 Å². The third-order valence-corrected chi connectivity index (χ3v) is 4.81. The number of carboxylic acid groups (broad SMARTS) is 1. The third kappa shape index (κ3) is 8.08. The molecule has 1 aliphatic rings. The number of carboxylic acids is 1. The smallest absolute Gasteiger partial charge is 0.303 e. The number of aliphatic hydroxyl groups excluding tert-OH is 2. The van der Waals surface area contributed by atoms with E-state index in [9.17, 15) is 15.0 Å². The van der Waals surface area contributed by atoms with Crippen LogP contribution in [0, 0.1) is 5.92 Å². The van der Waals surface area contributed by atoms with Crippen LogP contribution in [0.3, 0.4) is 0 Å². The van der Waals surface area contributed by atoms with Gasteiger partial charge < -0.3 is 20.1 Å². The second-order valence-corrected chi connectivity index (χ2v) is 7.00. The molecule has 1 saturated heterocycles. The lowest BCUT2D eigenvalue weighted by atomic mass is 9.94. The van der Waals surface area contributed by atoms with Crippen LogP contribution in [0.1, 0.15) is 37.7 Å². The van der Waals surface area contributed by atoms with Gasteiger partial charge in [-0.15, -0.1) is 0 Å². The largest absolute Gasteiger partial charge is 0.481 e. The Hall–Kier alpha value is -1.95. The number of allylic oxidation sites excluding steroid dienone is 2. The molecule has 0 spiro atoms. The van der Waals surface area contributed by atoms with Crippen LogP contribution in [0.5, 0.6) is 0 Å². The summed E-state index contributed by atoms with van der Waals surface area (Å²) < 4.78 is 5.64. The van der Waals surface area contributed by atoms with Crippen molar-refractivity contribution in [3.63, 3.8) is 0 Å². The molecule has 1 heterocycles. The number of carbonyl (C=O) groups is 1. The molecule has 0 amide bonds. The molecule has 148 valence electrons. The zero-order valence-corrected chi connectivity index (χ0v) is 15.6. The monoisotopic (exact) mass is 374 g/mol. The van der Waals surface area contributed by atoms with Crippen LogP contribution in [-0.2, 0) is 16.0 Å². The number of hydrogen-bond donors (Lipinski definition) is 3. The topological polar surface area (TPSA) is 87.0 Å². The number of rotatable bonds is 11. The summed E-state index contributed by atoms with van der Waals surface area (Å²) in [6.07, 6.45) is 9.91. The van der Waals surface area contributed by atoms with Crippen molar-refractivity contribution in [1.82, 2.24) is 0 Å². The lowest BCUT2D eigenvalue weighted by Crippen LogP contribution is -2.22. The van der Waals surface area contributed by atoms with E-state index in [1.54, 1.807) is 6.08 Å². The molecular weight excluding hydrogens is 344 g/mol. The fourth-order valence-corrected chi connectivity index (χ4v) is 3.20. The van der Waals surface area contributed by atoms with E-state index >= 15 is 0 Å². The van der Waals surface area contributed by atoms with Crippen molar-refractivity contribution in [3.8, 4) is 0 Å². The average molecular weight is 374 g/mol. The minimum atomic E-state index is -0.779. The van der Waals surface area contributed by atoms with Crippen molar-refractivity contribution in [2.45, 2.75) is 56.8 Å². The van der Waals surface area contributed by atoms with Crippen LogP contribution < -0.4 is 0 Å². The first-order chi connectivity index (χ1) is 13.1. The van der Waals surface area contributed by atoms with Gasteiger partial charge in [0, 0.05) is 12.3 Å². The minimum Gasteiger partial charge on any atom is -0.481 e. The second-order valence-electron chi connectivity index (χ2n) is 7.00. The fraction of sp³-hybridized carbons (Fsp3) is 0.500. The van der Waals surface area contributed by atoms with E-state index in [0.717, 1.165) is 6.42 Å². The van der Waals surface area contributed by atoms with Gasteiger partial charge in [0.1, 0.15) is 0 Å². The molecule has 0 aliphatic carbocycles. The molecule has 5 nitrogen and oxygen atoms in total. The van der Waals surface area contributed by atoms with Gasteiger partial charge in [0.25, 0.3) is 0 Å². The standard InChI is InChI=1S/C22H30O5/c23-18(13-12-17-8-4-3-5-9-17)14-15-21-19(20(24)16-27-21)10-6-1-2-7-11-22(25)26/h1,3-6,8-9,14-15,18-21,23-24H,2,7,10-13,16H2,(H,25,26)/t18-,19-,20-,21+/m0/s1. The van der Waals surface area contributed by atoms with Crippen molar-refractivity contribution in [1.29, 1.82) is 0 Å². The van der Waals surface area contributed by atoms with Gasteiger partial charge in [0.2, 0.25) is 0 Å². The maximum Gasteiger partial charge on any atom is 0.303 e. The van der Waals surface area contributed by atoms with Crippen LogP contribution in [0.15, 0.2) is 54.6 Å². The van der Waals surface area contributed by atoms with Gasteiger partial charge in [0.05, 0.1) is 24.9 Å². The first kappa shape index (κ1) is 21.4. The molecule has 1 aromatic carbocycles. The number of ether oxygens (including phenoxy) is 1.